The van der Waals surface area contributed by atoms with Gasteiger partial charge in [-0.3, -0.25) is 0 Å². The molecule has 0 spiro atoms. The van der Waals surface area contributed by atoms with Crippen LogP contribution in [0.5, 0.6) is 5.75 Å². The van der Waals surface area contributed by atoms with Crippen molar-refractivity contribution < 1.29 is 31.1 Å². The first-order valence-corrected chi connectivity index (χ1v) is 4.95. The van der Waals surface area contributed by atoms with Crippen LogP contribution in [0.15, 0.2) is 22.7 Å². The summed E-state index contributed by atoms with van der Waals surface area (Å²) in [5, 5.41) is 0. The van der Waals surface area contributed by atoms with Gasteiger partial charge in [0.1, 0.15) is 5.75 Å². The Kier molecular flexibility index (Phi) is 3.95. The first-order valence-electron chi connectivity index (χ1n) is 4.16. The van der Waals surface area contributed by atoms with E-state index in [0.717, 1.165) is 12.1 Å². The van der Waals surface area contributed by atoms with Crippen LogP contribution in [0, 0.1) is 0 Å². The Hall–Kier alpha value is -0.920. The fourth-order valence-corrected chi connectivity index (χ4v) is 1.56. The van der Waals surface area contributed by atoms with Crippen LogP contribution >= 0.6 is 15.9 Å². The summed E-state index contributed by atoms with van der Waals surface area (Å²) in [5.41, 5.74) is -0.975. The van der Waals surface area contributed by atoms with E-state index in [1.54, 1.807) is 0 Å². The van der Waals surface area contributed by atoms with E-state index in [9.17, 15) is 26.3 Å². The lowest BCUT2D eigenvalue weighted by Crippen LogP contribution is -2.19. The second-order valence-electron chi connectivity index (χ2n) is 3.04. The van der Waals surface area contributed by atoms with Gasteiger partial charge in [0.25, 0.3) is 0 Å². The third kappa shape index (κ3) is 4.45. The molecule has 1 aromatic carbocycles. The molecule has 0 saturated carbocycles. The molecule has 8 heteroatoms. The molecular weight excluding hydrogens is 318 g/mol. The standard InChI is InChI=1S/C9H5BrF6O/c10-7-3-5(17-4-8(11,12)13)1-2-6(7)9(14,15)16/h1-3H,4H2. The van der Waals surface area contributed by atoms with Crippen LogP contribution in [0.1, 0.15) is 5.56 Å². The largest absolute Gasteiger partial charge is 0.484 e. The molecule has 0 radical (unpaired) electrons. The van der Waals surface area contributed by atoms with E-state index >= 15 is 0 Å². The van der Waals surface area contributed by atoms with Gasteiger partial charge in [-0.15, -0.1) is 0 Å². The number of benzene rings is 1. The van der Waals surface area contributed by atoms with Crippen molar-refractivity contribution in [3.8, 4) is 5.75 Å². The Bertz CT molecular complexity index is 397. The van der Waals surface area contributed by atoms with Gasteiger partial charge in [0.15, 0.2) is 6.61 Å². The Morgan fingerprint density at radius 2 is 1.65 bits per heavy atom. The maximum atomic E-state index is 12.3. The fraction of sp³-hybridized carbons (Fsp3) is 0.333. The van der Waals surface area contributed by atoms with Crippen LogP contribution in [0.2, 0.25) is 0 Å². The minimum atomic E-state index is -4.57. The predicted octanol–water partition coefficient (Wildman–Crippen LogP) is 4.41. The normalized spacial score (nSPS) is 12.6. The minimum Gasteiger partial charge on any atom is -0.484 e. The van der Waals surface area contributed by atoms with Gasteiger partial charge >= 0.3 is 12.4 Å². The van der Waals surface area contributed by atoms with Crippen molar-refractivity contribution in [2.75, 3.05) is 6.61 Å². The molecule has 0 saturated heterocycles. The molecule has 0 unspecified atom stereocenters. The van der Waals surface area contributed by atoms with Crippen molar-refractivity contribution >= 4 is 15.9 Å². The van der Waals surface area contributed by atoms with Gasteiger partial charge in [-0.25, -0.2) is 0 Å². The van der Waals surface area contributed by atoms with Crippen LogP contribution in [-0.2, 0) is 6.18 Å². The number of halogens is 7. The highest BCUT2D eigenvalue weighted by Gasteiger charge is 2.33. The summed E-state index contributed by atoms with van der Waals surface area (Å²) in [6, 6.07) is 2.32. The van der Waals surface area contributed by atoms with E-state index in [-0.39, 0.29) is 10.2 Å². The third-order valence-electron chi connectivity index (χ3n) is 1.65. The zero-order valence-electron chi connectivity index (χ0n) is 7.99. The molecule has 0 aliphatic carbocycles. The van der Waals surface area contributed by atoms with Crippen molar-refractivity contribution in [3.63, 3.8) is 0 Å². The summed E-state index contributed by atoms with van der Waals surface area (Å²) in [6.07, 6.45) is -9.10. The molecule has 1 rings (SSSR count). The number of ether oxygens (including phenoxy) is 1. The Morgan fingerprint density at radius 3 is 2.06 bits per heavy atom. The van der Waals surface area contributed by atoms with Gasteiger partial charge in [0, 0.05) is 4.47 Å². The molecule has 0 amide bonds. The lowest BCUT2D eigenvalue weighted by molar-refractivity contribution is -0.153. The molecule has 0 atom stereocenters. The number of alkyl halides is 6. The SMILES string of the molecule is FC(F)(F)COc1ccc(C(F)(F)F)c(Br)c1. The van der Waals surface area contributed by atoms with E-state index in [2.05, 4.69) is 20.7 Å². The molecule has 0 fully saturated rings. The molecule has 0 aliphatic rings. The molecule has 1 nitrogen and oxygen atoms in total. The van der Waals surface area contributed by atoms with Crippen molar-refractivity contribution in [2.45, 2.75) is 12.4 Å². The second kappa shape index (κ2) is 4.75. The first-order chi connectivity index (χ1) is 7.59. The van der Waals surface area contributed by atoms with Crippen LogP contribution < -0.4 is 4.74 Å². The lowest BCUT2D eigenvalue weighted by atomic mass is 10.2. The maximum Gasteiger partial charge on any atom is 0.422 e. The van der Waals surface area contributed by atoms with Crippen LogP contribution in [0.3, 0.4) is 0 Å². The van der Waals surface area contributed by atoms with Crippen molar-refractivity contribution in [2.24, 2.45) is 0 Å². The van der Waals surface area contributed by atoms with Crippen LogP contribution in [0.4, 0.5) is 26.3 Å². The van der Waals surface area contributed by atoms with E-state index in [0.29, 0.717) is 6.07 Å². The zero-order valence-corrected chi connectivity index (χ0v) is 9.58. The van der Waals surface area contributed by atoms with Gasteiger partial charge < -0.3 is 4.74 Å². The molecule has 0 N–H and O–H groups in total. The molecule has 0 bridgehead atoms. The summed E-state index contributed by atoms with van der Waals surface area (Å²) >= 11 is 2.62. The van der Waals surface area contributed by atoms with Gasteiger partial charge in [-0.2, -0.15) is 26.3 Å². The molecule has 0 aromatic heterocycles. The van der Waals surface area contributed by atoms with Crippen LogP contribution in [0.25, 0.3) is 0 Å². The smallest absolute Gasteiger partial charge is 0.422 e. The second-order valence-corrected chi connectivity index (χ2v) is 3.90. The molecular formula is C9H5BrF6O. The summed E-state index contributed by atoms with van der Waals surface area (Å²) in [7, 11) is 0. The summed E-state index contributed by atoms with van der Waals surface area (Å²) in [4.78, 5) is 0. The van der Waals surface area contributed by atoms with Gasteiger partial charge in [-0.1, -0.05) is 15.9 Å². The Labute approximate surface area is 101 Å². The number of hydrogen-bond donors (Lipinski definition) is 0. The third-order valence-corrected chi connectivity index (χ3v) is 2.30. The molecule has 17 heavy (non-hydrogen) atoms. The van der Waals surface area contributed by atoms with Crippen molar-refractivity contribution in [3.05, 3.63) is 28.2 Å². The van der Waals surface area contributed by atoms with E-state index < -0.39 is 24.5 Å². The zero-order chi connectivity index (χ0) is 13.3. The summed E-state index contributed by atoms with van der Waals surface area (Å²) < 4.78 is 76.2. The van der Waals surface area contributed by atoms with Crippen molar-refractivity contribution in [1.29, 1.82) is 0 Å². The Balaban J connectivity index is 2.83. The topological polar surface area (TPSA) is 9.23 Å². The number of hydrogen-bond acceptors (Lipinski definition) is 1. The maximum absolute atomic E-state index is 12.3. The fourth-order valence-electron chi connectivity index (χ4n) is 0.981. The highest BCUT2D eigenvalue weighted by molar-refractivity contribution is 9.10. The Morgan fingerprint density at radius 1 is 1.06 bits per heavy atom. The van der Waals surface area contributed by atoms with E-state index in [1.165, 1.54) is 0 Å². The first kappa shape index (κ1) is 14.1. The van der Waals surface area contributed by atoms with Gasteiger partial charge in [0.05, 0.1) is 5.56 Å². The highest BCUT2D eigenvalue weighted by atomic mass is 79.9. The average molecular weight is 323 g/mol. The summed E-state index contributed by atoms with van der Waals surface area (Å²) in [5.74, 6) is -0.290. The number of rotatable bonds is 2. The van der Waals surface area contributed by atoms with Crippen molar-refractivity contribution in [1.82, 2.24) is 0 Å². The minimum absolute atomic E-state index is 0.290. The molecule has 0 heterocycles. The molecule has 0 aliphatic heterocycles. The predicted molar refractivity (Wildman–Crippen MR) is 50.7 cm³/mol. The van der Waals surface area contributed by atoms with Gasteiger partial charge in [0.2, 0.25) is 0 Å². The summed E-state index contributed by atoms with van der Waals surface area (Å²) in [6.45, 7) is -1.55. The average Bonchev–Trinajstić information content (AvgIpc) is 2.11. The molecule has 1 aromatic rings. The van der Waals surface area contributed by atoms with Gasteiger partial charge in [-0.05, 0) is 18.2 Å². The van der Waals surface area contributed by atoms with E-state index in [4.69, 9.17) is 0 Å². The lowest BCUT2D eigenvalue weighted by Gasteiger charge is -2.12. The highest BCUT2D eigenvalue weighted by Crippen LogP contribution is 2.36. The molecule has 96 valence electrons. The van der Waals surface area contributed by atoms with Crippen LogP contribution in [-0.4, -0.2) is 12.8 Å². The van der Waals surface area contributed by atoms with E-state index in [1.807, 2.05) is 0 Å². The quantitative estimate of drug-likeness (QED) is 0.733. The monoisotopic (exact) mass is 322 g/mol.